The number of fused-ring (bicyclic) bond motifs is 3. The number of thiophene rings is 1. The number of esters is 1. The van der Waals surface area contributed by atoms with Crippen LogP contribution in [0.25, 0.3) is 10.2 Å². The molecular formula is C18H24N2O3S2. The number of H-pyrrole nitrogens is 1. The molecule has 1 N–H and O–H groups in total. The van der Waals surface area contributed by atoms with Crippen molar-refractivity contribution in [2.75, 3.05) is 6.61 Å². The van der Waals surface area contributed by atoms with Crippen LogP contribution in [0.3, 0.4) is 0 Å². The van der Waals surface area contributed by atoms with Crippen LogP contribution >= 0.6 is 23.1 Å². The van der Waals surface area contributed by atoms with E-state index in [1.54, 1.807) is 18.3 Å². The molecule has 7 heteroatoms. The van der Waals surface area contributed by atoms with Gasteiger partial charge in [-0.05, 0) is 44.6 Å². The number of thioether (sulfide) groups is 1. The molecule has 25 heavy (non-hydrogen) atoms. The quantitative estimate of drug-likeness (QED) is 0.339. The summed E-state index contributed by atoms with van der Waals surface area (Å²) in [6, 6.07) is 0. The van der Waals surface area contributed by atoms with Crippen molar-refractivity contribution >= 4 is 39.3 Å². The van der Waals surface area contributed by atoms with E-state index in [9.17, 15) is 9.59 Å². The van der Waals surface area contributed by atoms with E-state index in [1.165, 1.54) is 28.6 Å². The average Bonchev–Trinajstić information content (AvgIpc) is 2.97. The first-order chi connectivity index (χ1) is 12.1. The number of aryl methyl sites for hydroxylation is 2. The highest BCUT2D eigenvalue weighted by Gasteiger charge is 2.22. The van der Waals surface area contributed by atoms with Gasteiger partial charge in [-0.15, -0.1) is 11.3 Å². The summed E-state index contributed by atoms with van der Waals surface area (Å²) in [5.74, 6) is -0.255. The first-order valence-corrected chi connectivity index (χ1v) is 10.7. The number of carbonyl (C=O) groups is 1. The third-order valence-electron chi connectivity index (χ3n) is 4.42. The summed E-state index contributed by atoms with van der Waals surface area (Å²) in [4.78, 5) is 34.1. The van der Waals surface area contributed by atoms with Gasteiger partial charge < -0.3 is 9.72 Å². The Labute approximate surface area is 155 Å². The number of rotatable bonds is 7. The first-order valence-electron chi connectivity index (χ1n) is 8.98. The van der Waals surface area contributed by atoms with E-state index in [0.717, 1.165) is 48.7 Å². The molecule has 0 unspecified atom stereocenters. The van der Waals surface area contributed by atoms with Crippen LogP contribution in [-0.2, 0) is 22.4 Å². The summed E-state index contributed by atoms with van der Waals surface area (Å²) in [7, 11) is 0. The highest BCUT2D eigenvalue weighted by Crippen LogP contribution is 2.34. The van der Waals surface area contributed by atoms with Gasteiger partial charge in [0.05, 0.1) is 12.0 Å². The molecule has 0 bridgehead atoms. The molecule has 0 saturated heterocycles. The van der Waals surface area contributed by atoms with Crippen LogP contribution < -0.4 is 5.56 Å². The number of aromatic nitrogens is 2. The standard InChI is InChI=1S/C18H24N2O3S2/c1-3-4-7-10-23-17(22)11(2)24-18-19-15(21)14-12-8-5-6-9-13(12)25-16(14)20-18/h11H,3-10H2,1-2H3,(H,19,20,21)/t11-/m0/s1. The van der Waals surface area contributed by atoms with Gasteiger partial charge in [0.1, 0.15) is 10.1 Å². The number of hydrogen-bond acceptors (Lipinski definition) is 6. The molecule has 0 aromatic carbocycles. The zero-order chi connectivity index (χ0) is 17.8. The first kappa shape index (κ1) is 18.5. The zero-order valence-corrected chi connectivity index (χ0v) is 16.4. The Kier molecular flexibility index (Phi) is 6.17. The van der Waals surface area contributed by atoms with Crippen LogP contribution in [0.4, 0.5) is 0 Å². The topological polar surface area (TPSA) is 72.0 Å². The second-order valence-electron chi connectivity index (χ2n) is 6.40. The Hall–Kier alpha value is -1.34. The molecule has 1 atom stereocenters. The Bertz CT molecular complexity index is 812. The highest BCUT2D eigenvalue weighted by atomic mass is 32.2. The van der Waals surface area contributed by atoms with E-state index < -0.39 is 5.25 Å². The summed E-state index contributed by atoms with van der Waals surface area (Å²) in [5.41, 5.74) is 1.09. The number of hydrogen-bond donors (Lipinski definition) is 1. The molecule has 0 saturated carbocycles. The number of carbonyl (C=O) groups excluding carboxylic acids is 1. The Morgan fingerprint density at radius 2 is 2.16 bits per heavy atom. The van der Waals surface area contributed by atoms with E-state index in [1.807, 2.05) is 0 Å². The third-order valence-corrected chi connectivity index (χ3v) is 6.56. The summed E-state index contributed by atoms with van der Waals surface area (Å²) in [6.45, 7) is 4.36. The molecule has 2 aromatic heterocycles. The highest BCUT2D eigenvalue weighted by molar-refractivity contribution is 8.00. The number of aromatic amines is 1. The maximum atomic E-state index is 12.5. The Balaban J connectivity index is 1.71. The molecule has 0 spiro atoms. The molecule has 0 aliphatic heterocycles. The third kappa shape index (κ3) is 4.26. The fourth-order valence-corrected chi connectivity index (χ4v) is 5.17. The van der Waals surface area contributed by atoms with Gasteiger partial charge in [0.2, 0.25) is 0 Å². The van der Waals surface area contributed by atoms with Gasteiger partial charge in [0, 0.05) is 4.88 Å². The molecule has 0 amide bonds. The minimum absolute atomic E-state index is 0.0876. The number of ether oxygens (including phenoxy) is 1. The van der Waals surface area contributed by atoms with Crippen molar-refractivity contribution in [1.29, 1.82) is 0 Å². The normalized spacial score (nSPS) is 15.1. The molecule has 2 heterocycles. The van der Waals surface area contributed by atoms with E-state index in [2.05, 4.69) is 16.9 Å². The van der Waals surface area contributed by atoms with E-state index in [4.69, 9.17) is 4.74 Å². The van der Waals surface area contributed by atoms with Gasteiger partial charge in [0.15, 0.2) is 5.16 Å². The molecule has 5 nitrogen and oxygen atoms in total. The molecule has 2 aromatic rings. The Morgan fingerprint density at radius 3 is 2.96 bits per heavy atom. The number of nitrogens with zero attached hydrogens (tertiary/aromatic N) is 1. The van der Waals surface area contributed by atoms with Gasteiger partial charge in [-0.25, -0.2) is 4.98 Å². The largest absolute Gasteiger partial charge is 0.465 e. The summed E-state index contributed by atoms with van der Waals surface area (Å²) in [6.07, 6.45) is 7.37. The Morgan fingerprint density at radius 1 is 1.36 bits per heavy atom. The maximum absolute atomic E-state index is 12.5. The lowest BCUT2D eigenvalue weighted by Gasteiger charge is -2.11. The van der Waals surface area contributed by atoms with Gasteiger partial charge in [-0.3, -0.25) is 9.59 Å². The lowest BCUT2D eigenvalue weighted by atomic mass is 9.97. The van der Waals surface area contributed by atoms with Crippen molar-refractivity contribution in [2.24, 2.45) is 0 Å². The van der Waals surface area contributed by atoms with E-state index in [0.29, 0.717) is 11.8 Å². The van der Waals surface area contributed by atoms with E-state index in [-0.39, 0.29) is 11.5 Å². The van der Waals surface area contributed by atoms with Gasteiger partial charge in [-0.1, -0.05) is 31.5 Å². The van der Waals surface area contributed by atoms with Crippen LogP contribution in [-0.4, -0.2) is 27.8 Å². The molecule has 1 aliphatic rings. The van der Waals surface area contributed by atoms with Crippen LogP contribution in [0, 0.1) is 0 Å². The predicted molar refractivity (Wildman–Crippen MR) is 103 cm³/mol. The predicted octanol–water partition coefficient (Wildman–Crippen LogP) is 4.08. The van der Waals surface area contributed by atoms with Crippen molar-refractivity contribution in [3.8, 4) is 0 Å². The van der Waals surface area contributed by atoms with Gasteiger partial charge in [-0.2, -0.15) is 0 Å². The van der Waals surface area contributed by atoms with Gasteiger partial charge >= 0.3 is 5.97 Å². The lowest BCUT2D eigenvalue weighted by molar-refractivity contribution is -0.142. The second kappa shape index (κ2) is 8.36. The van der Waals surface area contributed by atoms with Crippen LogP contribution in [0.1, 0.15) is 56.4 Å². The number of unbranched alkanes of at least 4 members (excludes halogenated alkanes) is 2. The molecule has 1 aliphatic carbocycles. The zero-order valence-electron chi connectivity index (χ0n) is 14.7. The minimum atomic E-state index is -0.392. The average molecular weight is 381 g/mol. The molecule has 136 valence electrons. The van der Waals surface area contributed by atoms with Crippen molar-refractivity contribution in [2.45, 2.75) is 69.2 Å². The lowest BCUT2D eigenvalue weighted by Crippen LogP contribution is -2.19. The van der Waals surface area contributed by atoms with Crippen LogP contribution in [0.2, 0.25) is 0 Å². The maximum Gasteiger partial charge on any atom is 0.319 e. The summed E-state index contributed by atoms with van der Waals surface area (Å²) >= 11 is 2.88. The summed E-state index contributed by atoms with van der Waals surface area (Å²) in [5, 5.41) is 0.852. The van der Waals surface area contributed by atoms with E-state index >= 15 is 0 Å². The molecule has 3 rings (SSSR count). The monoisotopic (exact) mass is 380 g/mol. The fraction of sp³-hybridized carbons (Fsp3) is 0.611. The molecule has 0 radical (unpaired) electrons. The van der Waals surface area contributed by atoms with Crippen molar-refractivity contribution in [3.63, 3.8) is 0 Å². The molecular weight excluding hydrogens is 356 g/mol. The summed E-state index contributed by atoms with van der Waals surface area (Å²) < 4.78 is 5.29. The minimum Gasteiger partial charge on any atom is -0.465 e. The number of nitrogens with one attached hydrogen (secondary N) is 1. The van der Waals surface area contributed by atoms with Crippen LogP contribution in [0.5, 0.6) is 0 Å². The van der Waals surface area contributed by atoms with Crippen molar-refractivity contribution in [3.05, 3.63) is 20.8 Å². The van der Waals surface area contributed by atoms with Crippen molar-refractivity contribution < 1.29 is 9.53 Å². The SMILES string of the molecule is CCCCCOC(=O)[C@H](C)Sc1nc2sc3c(c2c(=O)[nH]1)CCCC3. The van der Waals surface area contributed by atoms with Crippen molar-refractivity contribution in [1.82, 2.24) is 9.97 Å². The smallest absolute Gasteiger partial charge is 0.319 e. The second-order valence-corrected chi connectivity index (χ2v) is 8.81. The van der Waals surface area contributed by atoms with Gasteiger partial charge in [0.25, 0.3) is 5.56 Å². The fourth-order valence-electron chi connectivity index (χ4n) is 3.06. The van der Waals surface area contributed by atoms with Crippen LogP contribution in [0.15, 0.2) is 9.95 Å². The molecule has 0 fully saturated rings.